The smallest absolute Gasteiger partial charge is 0.197 e. The molecular weight excluding hydrogens is 286 g/mol. The first kappa shape index (κ1) is 13.1. The van der Waals surface area contributed by atoms with E-state index in [9.17, 15) is 0 Å². The molecule has 0 saturated carbocycles. The van der Waals surface area contributed by atoms with E-state index in [0.717, 1.165) is 25.5 Å². The fourth-order valence-corrected chi connectivity index (χ4v) is 3.93. The van der Waals surface area contributed by atoms with Crippen LogP contribution >= 0.6 is 0 Å². The topological polar surface area (TPSA) is 40.2 Å². The molecule has 2 saturated heterocycles. The SMILES string of the molecule is c1ccc(C2(c3ccccc3)NC3=NCCCN3C3OC32)cc1. The van der Waals surface area contributed by atoms with Crippen LogP contribution < -0.4 is 5.32 Å². The minimum absolute atomic E-state index is 0.115. The van der Waals surface area contributed by atoms with Gasteiger partial charge in [-0.2, -0.15) is 0 Å². The summed E-state index contributed by atoms with van der Waals surface area (Å²) in [5, 5.41) is 3.74. The predicted octanol–water partition coefficient (Wildman–Crippen LogP) is 2.32. The molecule has 3 aliphatic heterocycles. The lowest BCUT2D eigenvalue weighted by atomic mass is 9.78. The fourth-order valence-electron chi connectivity index (χ4n) is 3.93. The van der Waals surface area contributed by atoms with Crippen LogP contribution in [0.15, 0.2) is 65.7 Å². The molecule has 0 aromatic heterocycles. The van der Waals surface area contributed by atoms with E-state index in [1.54, 1.807) is 0 Å². The van der Waals surface area contributed by atoms with Gasteiger partial charge in [-0.1, -0.05) is 60.7 Å². The number of guanidine groups is 1. The van der Waals surface area contributed by atoms with Gasteiger partial charge in [0.15, 0.2) is 12.2 Å². The van der Waals surface area contributed by atoms with Crippen LogP contribution in [-0.4, -0.2) is 36.3 Å². The summed E-state index contributed by atoms with van der Waals surface area (Å²) in [6.45, 7) is 1.91. The summed E-state index contributed by atoms with van der Waals surface area (Å²) in [5.74, 6) is 0.975. The van der Waals surface area contributed by atoms with Gasteiger partial charge in [0.2, 0.25) is 0 Å². The van der Waals surface area contributed by atoms with E-state index in [1.165, 1.54) is 11.1 Å². The molecule has 0 radical (unpaired) electrons. The van der Waals surface area contributed by atoms with E-state index in [2.05, 4.69) is 70.9 Å². The van der Waals surface area contributed by atoms with Gasteiger partial charge in [-0.05, 0) is 17.5 Å². The Hall–Kier alpha value is -2.33. The third-order valence-corrected chi connectivity index (χ3v) is 5.06. The second-order valence-electron chi connectivity index (χ2n) is 6.36. The summed E-state index contributed by atoms with van der Waals surface area (Å²) >= 11 is 0. The van der Waals surface area contributed by atoms with Crippen LogP contribution in [-0.2, 0) is 10.3 Å². The number of epoxide rings is 1. The van der Waals surface area contributed by atoms with Crippen LogP contribution in [0, 0.1) is 0 Å². The number of rotatable bonds is 2. The van der Waals surface area contributed by atoms with Crippen molar-refractivity contribution in [2.24, 2.45) is 4.99 Å². The van der Waals surface area contributed by atoms with Crippen molar-refractivity contribution in [2.75, 3.05) is 13.1 Å². The Morgan fingerprint density at radius 1 is 1.00 bits per heavy atom. The first-order chi connectivity index (χ1) is 11.4. The number of nitrogens with zero attached hydrogens (tertiary/aromatic N) is 2. The predicted molar refractivity (Wildman–Crippen MR) is 89.1 cm³/mol. The third-order valence-electron chi connectivity index (χ3n) is 5.06. The number of nitrogens with one attached hydrogen (secondary N) is 1. The highest BCUT2D eigenvalue weighted by Gasteiger charge is 2.63. The molecule has 2 atom stereocenters. The van der Waals surface area contributed by atoms with Crippen molar-refractivity contribution in [3.8, 4) is 0 Å². The molecule has 2 unspecified atom stereocenters. The maximum Gasteiger partial charge on any atom is 0.197 e. The molecule has 0 aliphatic carbocycles. The highest BCUT2D eigenvalue weighted by molar-refractivity contribution is 5.84. The number of ether oxygens (including phenoxy) is 1. The second kappa shape index (κ2) is 4.83. The van der Waals surface area contributed by atoms with Crippen LogP contribution in [0.5, 0.6) is 0 Å². The zero-order valence-electron chi connectivity index (χ0n) is 12.9. The van der Waals surface area contributed by atoms with Gasteiger partial charge in [-0.3, -0.25) is 4.99 Å². The zero-order chi connectivity index (χ0) is 15.3. The Morgan fingerprint density at radius 3 is 2.30 bits per heavy atom. The van der Waals surface area contributed by atoms with Crippen molar-refractivity contribution < 1.29 is 4.74 Å². The van der Waals surface area contributed by atoms with E-state index in [0.29, 0.717) is 0 Å². The van der Waals surface area contributed by atoms with E-state index in [4.69, 9.17) is 9.73 Å². The molecule has 3 heterocycles. The summed E-state index contributed by atoms with van der Waals surface area (Å²) in [6, 6.07) is 21.2. The highest BCUT2D eigenvalue weighted by Crippen LogP contribution is 2.48. The maximum atomic E-state index is 6.15. The lowest BCUT2D eigenvalue weighted by Gasteiger charge is -2.43. The van der Waals surface area contributed by atoms with E-state index >= 15 is 0 Å². The van der Waals surface area contributed by atoms with Gasteiger partial charge in [0.05, 0.1) is 0 Å². The summed E-state index contributed by atoms with van der Waals surface area (Å²) in [6.07, 6.45) is 1.35. The van der Waals surface area contributed by atoms with Gasteiger partial charge in [-0.25, -0.2) is 0 Å². The molecule has 2 aromatic carbocycles. The largest absolute Gasteiger partial charge is 0.344 e. The molecule has 5 rings (SSSR count). The van der Waals surface area contributed by atoms with Crippen LogP contribution in [0.2, 0.25) is 0 Å². The molecule has 0 spiro atoms. The Kier molecular flexibility index (Phi) is 2.76. The van der Waals surface area contributed by atoms with Gasteiger partial charge < -0.3 is 15.0 Å². The van der Waals surface area contributed by atoms with Crippen molar-refractivity contribution in [3.63, 3.8) is 0 Å². The van der Waals surface area contributed by atoms with Crippen LogP contribution in [0.25, 0.3) is 0 Å². The second-order valence-corrected chi connectivity index (χ2v) is 6.36. The molecule has 23 heavy (non-hydrogen) atoms. The van der Waals surface area contributed by atoms with Crippen molar-refractivity contribution in [3.05, 3.63) is 71.8 Å². The molecule has 2 aromatic rings. The molecule has 2 fully saturated rings. The number of aliphatic imine (C=N–C) groups is 1. The number of hydrogen-bond donors (Lipinski definition) is 1. The lowest BCUT2D eigenvalue weighted by molar-refractivity contribution is 0.249. The Labute approximate surface area is 135 Å². The van der Waals surface area contributed by atoms with Crippen LogP contribution in [0.3, 0.4) is 0 Å². The highest BCUT2D eigenvalue weighted by atomic mass is 16.6. The van der Waals surface area contributed by atoms with Crippen molar-refractivity contribution in [2.45, 2.75) is 24.3 Å². The van der Waals surface area contributed by atoms with Crippen molar-refractivity contribution in [1.82, 2.24) is 10.2 Å². The quantitative estimate of drug-likeness (QED) is 0.866. The normalized spacial score (nSPS) is 27.3. The molecule has 3 aliphatic rings. The third kappa shape index (κ3) is 1.85. The van der Waals surface area contributed by atoms with Crippen LogP contribution in [0.4, 0.5) is 0 Å². The van der Waals surface area contributed by atoms with E-state index in [-0.39, 0.29) is 17.9 Å². The standard InChI is InChI=1S/C19H19N3O/c1-3-8-14(9-4-1)19(15-10-5-2-6-11-15)16-17(23-16)22-13-7-12-20-18(22)21-19/h1-6,8-11,16-17H,7,12-13H2,(H,20,21). The zero-order valence-corrected chi connectivity index (χ0v) is 12.9. The first-order valence-electron chi connectivity index (χ1n) is 8.25. The monoisotopic (exact) mass is 305 g/mol. The Balaban J connectivity index is 1.69. The number of benzene rings is 2. The minimum Gasteiger partial charge on any atom is -0.344 e. The van der Waals surface area contributed by atoms with E-state index in [1.807, 2.05) is 0 Å². The molecule has 1 N–H and O–H groups in total. The van der Waals surface area contributed by atoms with E-state index < -0.39 is 0 Å². The molecule has 0 bridgehead atoms. The molecule has 4 heteroatoms. The number of hydrogen-bond acceptors (Lipinski definition) is 4. The maximum absolute atomic E-state index is 6.15. The van der Waals surface area contributed by atoms with Gasteiger partial charge >= 0.3 is 0 Å². The van der Waals surface area contributed by atoms with Gasteiger partial charge in [-0.15, -0.1) is 0 Å². The molecule has 0 amide bonds. The Morgan fingerprint density at radius 2 is 1.65 bits per heavy atom. The summed E-state index contributed by atoms with van der Waals surface area (Å²) in [7, 11) is 0. The summed E-state index contributed by atoms with van der Waals surface area (Å²) in [4.78, 5) is 7.00. The van der Waals surface area contributed by atoms with Gasteiger partial charge in [0, 0.05) is 13.1 Å². The molecule has 4 nitrogen and oxygen atoms in total. The minimum atomic E-state index is -0.361. The van der Waals surface area contributed by atoms with Gasteiger partial charge in [0.1, 0.15) is 11.6 Å². The average Bonchev–Trinajstić information content (AvgIpc) is 3.44. The first-order valence-corrected chi connectivity index (χ1v) is 8.25. The number of fused-ring (bicyclic) bond motifs is 3. The average molecular weight is 305 g/mol. The van der Waals surface area contributed by atoms with Crippen molar-refractivity contribution in [1.29, 1.82) is 0 Å². The van der Waals surface area contributed by atoms with Crippen LogP contribution in [0.1, 0.15) is 17.5 Å². The molecule has 116 valence electrons. The van der Waals surface area contributed by atoms with Crippen molar-refractivity contribution >= 4 is 5.96 Å². The summed E-state index contributed by atoms with van der Waals surface area (Å²) < 4.78 is 6.15. The fraction of sp³-hybridized carbons (Fsp3) is 0.316. The summed E-state index contributed by atoms with van der Waals surface area (Å²) in [5.41, 5.74) is 2.10. The van der Waals surface area contributed by atoms with Gasteiger partial charge in [0.25, 0.3) is 0 Å². The molecular formula is C19H19N3O. The Bertz CT molecular complexity index is 704. The lowest BCUT2D eigenvalue weighted by Crippen LogP contribution is -2.63.